The Balaban J connectivity index is 2.00. The van der Waals surface area contributed by atoms with Gasteiger partial charge in [0.05, 0.1) is 26.5 Å². The van der Waals surface area contributed by atoms with Gasteiger partial charge in [-0.2, -0.15) is 5.10 Å². The highest BCUT2D eigenvalue weighted by molar-refractivity contribution is 6.31. The average molecular weight is 376 g/mol. The van der Waals surface area contributed by atoms with E-state index < -0.39 is 0 Å². The maximum Gasteiger partial charge on any atom is 0.259 e. The molecule has 0 spiro atoms. The second kappa shape index (κ2) is 9.10. The molecule has 0 aliphatic rings. The minimum atomic E-state index is -0.267. The Morgan fingerprint density at radius 3 is 2.65 bits per heavy atom. The fraction of sp³-hybridized carbons (Fsp3) is 0.263. The van der Waals surface area contributed by atoms with Gasteiger partial charge in [-0.05, 0) is 43.7 Å². The van der Waals surface area contributed by atoms with E-state index in [2.05, 4.69) is 15.8 Å². The van der Waals surface area contributed by atoms with E-state index in [1.807, 2.05) is 31.2 Å². The van der Waals surface area contributed by atoms with Gasteiger partial charge < -0.3 is 14.8 Å². The number of anilines is 1. The van der Waals surface area contributed by atoms with Crippen molar-refractivity contribution in [2.24, 2.45) is 5.10 Å². The van der Waals surface area contributed by atoms with Gasteiger partial charge in [-0.1, -0.05) is 17.7 Å². The van der Waals surface area contributed by atoms with Crippen LogP contribution in [0.25, 0.3) is 0 Å². The summed E-state index contributed by atoms with van der Waals surface area (Å²) in [7, 11) is 3.16. The molecule has 0 bridgehead atoms. The Hall–Kier alpha value is -2.73. The molecule has 2 N–H and O–H groups in total. The van der Waals surface area contributed by atoms with Crippen molar-refractivity contribution in [3.05, 3.63) is 52.5 Å². The lowest BCUT2D eigenvalue weighted by atomic mass is 10.1. The van der Waals surface area contributed by atoms with Crippen molar-refractivity contribution in [2.75, 3.05) is 26.1 Å². The van der Waals surface area contributed by atoms with Crippen molar-refractivity contribution in [3.8, 4) is 11.5 Å². The van der Waals surface area contributed by atoms with Crippen LogP contribution in [0.4, 0.5) is 5.69 Å². The Bertz CT molecular complexity index is 822. The lowest BCUT2D eigenvalue weighted by Gasteiger charge is -2.11. The number of rotatable bonds is 7. The molecule has 1 amide bonds. The van der Waals surface area contributed by atoms with Crippen molar-refractivity contribution < 1.29 is 14.3 Å². The molecule has 0 fully saturated rings. The summed E-state index contributed by atoms with van der Waals surface area (Å²) in [5, 5.41) is 7.84. The van der Waals surface area contributed by atoms with Crippen LogP contribution in [0.15, 0.2) is 41.5 Å². The average Bonchev–Trinajstić information content (AvgIpc) is 2.66. The summed E-state index contributed by atoms with van der Waals surface area (Å²) in [5.74, 6) is 1.03. The third kappa shape index (κ3) is 4.89. The highest BCUT2D eigenvalue weighted by Gasteiger charge is 2.09. The standard InChI is InChI=1S/C19H22ClN3O3/c1-12-16(20)6-5-7-17(12)21-11-19(24)23-22-13(2)15-9-8-14(25-3)10-18(15)26-4/h5-10,21H,11H2,1-4H3,(H,23,24). The van der Waals surface area contributed by atoms with Crippen LogP contribution in [0.2, 0.25) is 5.02 Å². The molecule has 26 heavy (non-hydrogen) atoms. The predicted molar refractivity (Wildman–Crippen MR) is 105 cm³/mol. The summed E-state index contributed by atoms with van der Waals surface area (Å²) in [6.45, 7) is 3.76. The first-order valence-corrected chi connectivity index (χ1v) is 8.38. The number of carbonyl (C=O) groups is 1. The van der Waals surface area contributed by atoms with Gasteiger partial charge in [0.15, 0.2) is 0 Å². The molecule has 7 heteroatoms. The fourth-order valence-corrected chi connectivity index (χ4v) is 2.49. The van der Waals surface area contributed by atoms with Crippen LogP contribution in [0.3, 0.4) is 0 Å². The zero-order chi connectivity index (χ0) is 19.1. The van der Waals surface area contributed by atoms with Crippen LogP contribution in [-0.2, 0) is 4.79 Å². The molecule has 0 aromatic heterocycles. The first-order valence-electron chi connectivity index (χ1n) is 8.00. The number of hydrogen-bond acceptors (Lipinski definition) is 5. The fourth-order valence-electron chi connectivity index (χ4n) is 2.32. The van der Waals surface area contributed by atoms with Crippen molar-refractivity contribution in [2.45, 2.75) is 13.8 Å². The van der Waals surface area contributed by atoms with Gasteiger partial charge in [0.25, 0.3) is 5.91 Å². The minimum Gasteiger partial charge on any atom is -0.497 e. The van der Waals surface area contributed by atoms with Crippen LogP contribution in [0, 0.1) is 6.92 Å². The van der Waals surface area contributed by atoms with E-state index in [9.17, 15) is 4.79 Å². The first-order chi connectivity index (χ1) is 12.5. The van der Waals surface area contributed by atoms with Crippen LogP contribution < -0.4 is 20.2 Å². The second-order valence-corrected chi connectivity index (χ2v) is 5.97. The van der Waals surface area contributed by atoms with E-state index >= 15 is 0 Å². The van der Waals surface area contributed by atoms with Crippen molar-refractivity contribution in [1.29, 1.82) is 0 Å². The van der Waals surface area contributed by atoms with Crippen LogP contribution >= 0.6 is 11.6 Å². The number of ether oxygens (including phenoxy) is 2. The van der Waals surface area contributed by atoms with Gasteiger partial charge in [0.1, 0.15) is 11.5 Å². The number of hydrogen-bond donors (Lipinski definition) is 2. The molecule has 0 saturated heterocycles. The maximum absolute atomic E-state index is 12.0. The molecule has 0 aliphatic carbocycles. The number of carbonyl (C=O) groups excluding carboxylic acids is 1. The quantitative estimate of drug-likeness (QED) is 0.572. The summed E-state index contributed by atoms with van der Waals surface area (Å²) in [4.78, 5) is 12.0. The third-order valence-electron chi connectivity index (χ3n) is 3.85. The van der Waals surface area contributed by atoms with Gasteiger partial charge >= 0.3 is 0 Å². The molecular weight excluding hydrogens is 354 g/mol. The lowest BCUT2D eigenvalue weighted by molar-refractivity contribution is -0.119. The molecule has 2 aromatic rings. The highest BCUT2D eigenvalue weighted by Crippen LogP contribution is 2.25. The Labute approximate surface area is 158 Å². The molecule has 0 aliphatic heterocycles. The molecular formula is C19H22ClN3O3. The maximum atomic E-state index is 12.0. The van der Waals surface area contributed by atoms with Gasteiger partial charge in [0, 0.05) is 22.3 Å². The molecule has 6 nitrogen and oxygen atoms in total. The number of nitrogens with zero attached hydrogens (tertiary/aromatic N) is 1. The molecule has 2 rings (SSSR count). The van der Waals surface area contributed by atoms with Gasteiger partial charge in [-0.3, -0.25) is 4.79 Å². The van der Waals surface area contributed by atoms with Crippen molar-refractivity contribution in [3.63, 3.8) is 0 Å². The van der Waals surface area contributed by atoms with Crippen LogP contribution in [0.1, 0.15) is 18.1 Å². The molecule has 0 unspecified atom stereocenters. The minimum absolute atomic E-state index is 0.0811. The summed E-state index contributed by atoms with van der Waals surface area (Å²) >= 11 is 6.07. The van der Waals surface area contributed by atoms with Crippen molar-refractivity contribution in [1.82, 2.24) is 5.43 Å². The smallest absolute Gasteiger partial charge is 0.259 e. The second-order valence-electron chi connectivity index (χ2n) is 5.56. The normalized spacial score (nSPS) is 11.0. The summed E-state index contributed by atoms with van der Waals surface area (Å²) < 4.78 is 10.5. The zero-order valence-electron chi connectivity index (χ0n) is 15.2. The lowest BCUT2D eigenvalue weighted by Crippen LogP contribution is -2.27. The van der Waals surface area contributed by atoms with E-state index in [4.69, 9.17) is 21.1 Å². The summed E-state index contributed by atoms with van der Waals surface area (Å²) in [6, 6.07) is 10.9. The van der Waals surface area contributed by atoms with Gasteiger partial charge in [-0.25, -0.2) is 5.43 Å². The summed E-state index contributed by atoms with van der Waals surface area (Å²) in [5.41, 5.74) is 5.63. The Kier molecular flexibility index (Phi) is 6.86. The van der Waals surface area contributed by atoms with E-state index in [1.54, 1.807) is 33.3 Å². The largest absolute Gasteiger partial charge is 0.497 e. The molecule has 138 valence electrons. The van der Waals surface area contributed by atoms with Gasteiger partial charge in [0.2, 0.25) is 0 Å². The Morgan fingerprint density at radius 2 is 1.96 bits per heavy atom. The van der Waals surface area contributed by atoms with Crippen LogP contribution in [-0.4, -0.2) is 32.4 Å². The van der Waals surface area contributed by atoms with Crippen LogP contribution in [0.5, 0.6) is 11.5 Å². The highest BCUT2D eigenvalue weighted by atomic mass is 35.5. The van der Waals surface area contributed by atoms with E-state index in [0.717, 1.165) is 16.8 Å². The number of amides is 1. The molecule has 0 atom stereocenters. The topological polar surface area (TPSA) is 72.0 Å². The number of hydrazone groups is 1. The van der Waals surface area contributed by atoms with E-state index in [-0.39, 0.29) is 12.5 Å². The number of methoxy groups -OCH3 is 2. The van der Waals surface area contributed by atoms with Crippen molar-refractivity contribution >= 4 is 28.9 Å². The number of halogens is 1. The SMILES string of the molecule is COc1ccc(C(C)=NNC(=O)CNc2cccc(Cl)c2C)c(OC)c1. The predicted octanol–water partition coefficient (Wildman–Crippen LogP) is 3.62. The molecule has 0 radical (unpaired) electrons. The molecule has 0 saturated carbocycles. The zero-order valence-corrected chi connectivity index (χ0v) is 16.0. The monoisotopic (exact) mass is 375 g/mol. The third-order valence-corrected chi connectivity index (χ3v) is 4.26. The molecule has 0 heterocycles. The Morgan fingerprint density at radius 1 is 1.19 bits per heavy atom. The first kappa shape index (κ1) is 19.6. The van der Waals surface area contributed by atoms with E-state index in [0.29, 0.717) is 22.2 Å². The number of benzene rings is 2. The van der Waals surface area contributed by atoms with E-state index in [1.165, 1.54) is 0 Å². The number of nitrogens with one attached hydrogen (secondary N) is 2. The van der Waals surface area contributed by atoms with Gasteiger partial charge in [-0.15, -0.1) is 0 Å². The molecule has 2 aromatic carbocycles. The summed E-state index contributed by atoms with van der Waals surface area (Å²) in [6.07, 6.45) is 0.